The Kier molecular flexibility index (Phi) is 7.53. The van der Waals surface area contributed by atoms with Gasteiger partial charge < -0.3 is 20.6 Å². The number of aromatic nitrogens is 2. The summed E-state index contributed by atoms with van der Waals surface area (Å²) in [5, 5.41) is 14.5. The number of carbonyl (C=O) groups is 2. The second-order valence-corrected chi connectivity index (χ2v) is 11.4. The Morgan fingerprint density at radius 2 is 1.79 bits per heavy atom. The summed E-state index contributed by atoms with van der Waals surface area (Å²) >= 11 is 0.764. The molecule has 2 amide bonds. The minimum atomic E-state index is -4.62. The normalized spacial score (nSPS) is 25.4. The number of halogens is 5. The van der Waals surface area contributed by atoms with Crippen LogP contribution in [0.25, 0.3) is 10.4 Å². The van der Waals surface area contributed by atoms with Crippen LogP contribution >= 0.6 is 11.3 Å². The first-order valence-corrected chi connectivity index (χ1v) is 13.7. The summed E-state index contributed by atoms with van der Waals surface area (Å²) < 4.78 is 67.4. The van der Waals surface area contributed by atoms with Crippen molar-refractivity contribution in [2.75, 3.05) is 5.32 Å². The Morgan fingerprint density at radius 1 is 1.13 bits per heavy atom. The topological polar surface area (TPSA) is 107 Å². The average molecular weight is 574 g/mol. The van der Waals surface area contributed by atoms with Crippen LogP contribution in [0.3, 0.4) is 0 Å². The van der Waals surface area contributed by atoms with E-state index in [1.807, 2.05) is 0 Å². The number of anilines is 1. The van der Waals surface area contributed by atoms with E-state index in [2.05, 4.69) is 20.6 Å². The fourth-order valence-electron chi connectivity index (χ4n) is 5.67. The Hall–Kier alpha value is -2.87. The predicted octanol–water partition coefficient (Wildman–Crippen LogP) is 4.92. The number of alkyl halides is 5. The lowest BCUT2D eigenvalue weighted by atomic mass is 10.0. The third-order valence-corrected chi connectivity index (χ3v) is 8.81. The van der Waals surface area contributed by atoms with Gasteiger partial charge in [-0.25, -0.2) is 18.7 Å². The summed E-state index contributed by atoms with van der Waals surface area (Å²) in [5.41, 5.74) is -0.948. The zero-order valence-electron chi connectivity index (χ0n) is 21.0. The molecule has 0 radical (unpaired) electrons. The Labute approximate surface area is 225 Å². The Bertz CT molecular complexity index is 1240. The van der Waals surface area contributed by atoms with Gasteiger partial charge in [0.1, 0.15) is 17.6 Å². The number of hydrogen-bond acceptors (Lipinski definition) is 7. The summed E-state index contributed by atoms with van der Waals surface area (Å²) in [6.45, 7) is 0.843. The highest BCUT2D eigenvalue weighted by Gasteiger charge is 2.44. The first-order chi connectivity index (χ1) is 18.4. The molecule has 1 aliphatic carbocycles. The van der Waals surface area contributed by atoms with E-state index in [4.69, 9.17) is 0 Å². The molecule has 1 saturated carbocycles. The van der Waals surface area contributed by atoms with E-state index in [0.717, 1.165) is 56.2 Å². The lowest BCUT2D eigenvalue weighted by Gasteiger charge is -2.22. The van der Waals surface area contributed by atoms with Gasteiger partial charge in [-0.15, -0.1) is 11.3 Å². The van der Waals surface area contributed by atoms with Gasteiger partial charge in [0.05, 0.1) is 11.0 Å². The molecular weight excluding hydrogens is 545 g/mol. The number of carbonyl (C=O) groups excluding carboxylic acids is 2. The van der Waals surface area contributed by atoms with E-state index < -0.39 is 47.9 Å². The summed E-state index contributed by atoms with van der Waals surface area (Å²) in [7, 11) is 0. The van der Waals surface area contributed by atoms with Crippen molar-refractivity contribution in [2.45, 2.75) is 94.7 Å². The molecular formula is C25H28F5N5O3S. The van der Waals surface area contributed by atoms with Gasteiger partial charge >= 0.3 is 6.18 Å². The standard InChI is InChI=1S/C25H28F5N5O3S/c1-11(25(28,29)30)32-18-9-16(21(26)27)17(10-31-18)20-19(24(38)35-13-3-4-14(35)6-5-13)34-23(39-20)22(37)33-12-2-7-15(36)8-12/h9-15,21,36H,2-8H2,1H3,(H,31,32)(H,33,37)/t11-,12-,13-,14-,15-/m0/s1. The van der Waals surface area contributed by atoms with Crippen LogP contribution in [0.15, 0.2) is 12.3 Å². The minimum Gasteiger partial charge on any atom is -0.393 e. The summed E-state index contributed by atoms with van der Waals surface area (Å²) in [4.78, 5) is 36.7. The molecule has 8 nitrogen and oxygen atoms in total. The van der Waals surface area contributed by atoms with Crippen LogP contribution in [0.5, 0.6) is 0 Å². The largest absolute Gasteiger partial charge is 0.408 e. The van der Waals surface area contributed by atoms with Gasteiger partial charge in [0.25, 0.3) is 18.2 Å². The Morgan fingerprint density at radius 3 is 2.36 bits per heavy atom. The lowest BCUT2D eigenvalue weighted by molar-refractivity contribution is -0.138. The van der Waals surface area contributed by atoms with Crippen molar-refractivity contribution in [3.8, 4) is 10.4 Å². The monoisotopic (exact) mass is 573 g/mol. The maximum absolute atomic E-state index is 14.2. The van der Waals surface area contributed by atoms with Crippen molar-refractivity contribution in [3.05, 3.63) is 28.5 Å². The van der Waals surface area contributed by atoms with E-state index in [-0.39, 0.29) is 39.3 Å². The highest BCUT2D eigenvalue weighted by atomic mass is 32.1. The zero-order chi connectivity index (χ0) is 28.1. The van der Waals surface area contributed by atoms with Crippen molar-refractivity contribution in [1.29, 1.82) is 0 Å². The van der Waals surface area contributed by atoms with E-state index in [9.17, 15) is 36.6 Å². The summed E-state index contributed by atoms with van der Waals surface area (Å²) in [5.74, 6) is -1.45. The molecule has 3 N–H and O–H groups in total. The number of thiazole rings is 1. The van der Waals surface area contributed by atoms with Crippen LogP contribution in [0.1, 0.15) is 84.1 Å². The molecule has 0 spiro atoms. The molecule has 3 aliphatic rings. The van der Waals surface area contributed by atoms with Gasteiger partial charge in [0.15, 0.2) is 5.01 Å². The smallest absolute Gasteiger partial charge is 0.393 e. The number of fused-ring (bicyclic) bond motifs is 2. The number of rotatable bonds is 7. The van der Waals surface area contributed by atoms with Crippen LogP contribution in [0, 0.1) is 0 Å². The molecule has 0 unspecified atom stereocenters. The molecule has 2 aliphatic heterocycles. The van der Waals surface area contributed by atoms with Crippen molar-refractivity contribution >= 4 is 29.0 Å². The molecule has 5 rings (SSSR count). The molecule has 39 heavy (non-hydrogen) atoms. The van der Waals surface area contributed by atoms with E-state index in [1.165, 1.54) is 0 Å². The number of nitrogens with one attached hydrogen (secondary N) is 2. The van der Waals surface area contributed by atoms with Gasteiger partial charge in [-0.2, -0.15) is 13.2 Å². The zero-order valence-corrected chi connectivity index (χ0v) is 21.8. The van der Waals surface area contributed by atoms with Crippen molar-refractivity contribution in [2.24, 2.45) is 0 Å². The van der Waals surface area contributed by atoms with Crippen molar-refractivity contribution in [3.63, 3.8) is 0 Å². The lowest BCUT2D eigenvalue weighted by Crippen LogP contribution is -2.36. The number of amides is 2. The molecule has 14 heteroatoms. The van der Waals surface area contributed by atoms with Crippen LogP contribution in [-0.2, 0) is 0 Å². The number of pyridine rings is 1. The fourth-order valence-corrected chi connectivity index (χ4v) is 6.66. The third-order valence-electron chi connectivity index (χ3n) is 7.72. The van der Waals surface area contributed by atoms with Crippen LogP contribution in [0.4, 0.5) is 27.8 Å². The highest BCUT2D eigenvalue weighted by molar-refractivity contribution is 7.17. The quantitative estimate of drug-likeness (QED) is 0.406. The maximum atomic E-state index is 14.2. The number of aliphatic hydroxyl groups excluding tert-OH is 1. The SMILES string of the molecule is C[C@H](Nc1cc(C(F)F)c(-c2sc(C(=O)N[C@H]3CC[C@H](O)C3)nc2C(=O)N2[C@H]3CC[C@H]2CC3)cn1)C(F)(F)F. The number of aliphatic hydroxyl groups is 1. The predicted molar refractivity (Wildman–Crippen MR) is 133 cm³/mol. The van der Waals surface area contributed by atoms with Gasteiger partial charge in [0.2, 0.25) is 0 Å². The van der Waals surface area contributed by atoms with E-state index in [0.29, 0.717) is 19.3 Å². The first kappa shape index (κ1) is 27.7. The van der Waals surface area contributed by atoms with Crippen molar-refractivity contribution in [1.82, 2.24) is 20.2 Å². The second-order valence-electron chi connectivity index (χ2n) is 10.4. The van der Waals surface area contributed by atoms with Gasteiger partial charge in [-0.1, -0.05) is 0 Å². The third kappa shape index (κ3) is 5.58. The number of nitrogens with zero attached hydrogens (tertiary/aromatic N) is 3. The molecule has 4 heterocycles. The molecule has 2 bridgehead atoms. The number of hydrogen-bond donors (Lipinski definition) is 3. The molecule has 2 saturated heterocycles. The maximum Gasteiger partial charge on any atom is 0.408 e. The summed E-state index contributed by atoms with van der Waals surface area (Å²) in [6, 6.07) is -1.46. The van der Waals surface area contributed by atoms with Gasteiger partial charge in [-0.3, -0.25) is 9.59 Å². The van der Waals surface area contributed by atoms with Crippen LogP contribution in [-0.4, -0.2) is 68.2 Å². The molecule has 212 valence electrons. The van der Waals surface area contributed by atoms with E-state index in [1.54, 1.807) is 4.90 Å². The molecule has 2 aromatic rings. The molecule has 3 fully saturated rings. The average Bonchev–Trinajstić information content (AvgIpc) is 3.67. The molecule has 3 atom stereocenters. The first-order valence-electron chi connectivity index (χ1n) is 12.9. The van der Waals surface area contributed by atoms with Crippen LogP contribution in [0.2, 0.25) is 0 Å². The second kappa shape index (κ2) is 10.6. The highest BCUT2D eigenvalue weighted by Crippen LogP contribution is 2.42. The fraction of sp³-hybridized carbons (Fsp3) is 0.600. The minimum absolute atomic E-state index is 0.0115. The Balaban J connectivity index is 1.52. The summed E-state index contributed by atoms with van der Waals surface area (Å²) in [6.07, 6.45) is -2.47. The molecule has 2 aromatic heterocycles. The van der Waals surface area contributed by atoms with Crippen molar-refractivity contribution < 1.29 is 36.6 Å². The van der Waals surface area contributed by atoms with Crippen LogP contribution < -0.4 is 10.6 Å². The van der Waals surface area contributed by atoms with Gasteiger partial charge in [-0.05, 0) is 57.9 Å². The van der Waals surface area contributed by atoms with E-state index >= 15 is 0 Å². The van der Waals surface area contributed by atoms with Gasteiger partial charge in [0, 0.05) is 35.4 Å². The molecule has 0 aromatic carbocycles.